The first-order valence-corrected chi connectivity index (χ1v) is 9.16. The van der Waals surface area contributed by atoms with Crippen LogP contribution in [0.2, 0.25) is 5.02 Å². The number of benzene rings is 1. The second-order valence-electron chi connectivity index (χ2n) is 6.42. The SMILES string of the molecule is CO/N=C\c1ccc(N2CCN(c3ncc(C(F)(F)F)cc3Cl)CC2)c([N+](=O)[O-])c1. The van der Waals surface area contributed by atoms with E-state index in [0.29, 0.717) is 37.4 Å². The first kappa shape index (κ1) is 21.6. The number of nitrogens with zero attached hydrogens (tertiary/aromatic N) is 5. The summed E-state index contributed by atoms with van der Waals surface area (Å²) in [6.07, 6.45) is -2.40. The summed E-state index contributed by atoms with van der Waals surface area (Å²) >= 11 is 6.02. The highest BCUT2D eigenvalue weighted by molar-refractivity contribution is 6.33. The van der Waals surface area contributed by atoms with E-state index in [4.69, 9.17) is 11.6 Å². The van der Waals surface area contributed by atoms with E-state index in [1.165, 1.54) is 19.4 Å². The fourth-order valence-corrected chi connectivity index (χ4v) is 3.41. The van der Waals surface area contributed by atoms with Gasteiger partial charge >= 0.3 is 6.18 Å². The summed E-state index contributed by atoms with van der Waals surface area (Å²) in [5.41, 5.74) is -0.0239. The van der Waals surface area contributed by atoms with Crippen molar-refractivity contribution in [3.05, 3.63) is 56.7 Å². The van der Waals surface area contributed by atoms with Gasteiger partial charge in [0.1, 0.15) is 18.6 Å². The number of pyridine rings is 1. The van der Waals surface area contributed by atoms with Gasteiger partial charge in [-0.3, -0.25) is 10.1 Å². The topological polar surface area (TPSA) is 84.1 Å². The van der Waals surface area contributed by atoms with Gasteiger partial charge in [0.05, 0.1) is 21.7 Å². The van der Waals surface area contributed by atoms with E-state index in [1.54, 1.807) is 17.0 Å². The molecule has 160 valence electrons. The van der Waals surface area contributed by atoms with Crippen molar-refractivity contribution in [2.45, 2.75) is 6.18 Å². The van der Waals surface area contributed by atoms with Crippen LogP contribution in [0.3, 0.4) is 0 Å². The maximum Gasteiger partial charge on any atom is 0.417 e. The Hall–Kier alpha value is -3.08. The number of piperazine rings is 1. The molecule has 1 aliphatic rings. The number of nitro groups is 1. The van der Waals surface area contributed by atoms with Gasteiger partial charge in [-0.2, -0.15) is 13.2 Å². The molecule has 8 nitrogen and oxygen atoms in total. The smallest absolute Gasteiger partial charge is 0.399 e. The van der Waals surface area contributed by atoms with Crippen LogP contribution in [0.5, 0.6) is 0 Å². The molecule has 0 unspecified atom stereocenters. The summed E-state index contributed by atoms with van der Waals surface area (Å²) in [6, 6.07) is 5.57. The summed E-state index contributed by atoms with van der Waals surface area (Å²) in [5, 5.41) is 15.0. The van der Waals surface area contributed by atoms with E-state index in [0.717, 1.165) is 12.3 Å². The summed E-state index contributed by atoms with van der Waals surface area (Å²) in [6.45, 7) is 1.60. The van der Waals surface area contributed by atoms with Crippen LogP contribution in [0, 0.1) is 10.1 Å². The molecule has 1 fully saturated rings. The van der Waals surface area contributed by atoms with Crippen LogP contribution in [0.25, 0.3) is 0 Å². The molecule has 1 saturated heterocycles. The second-order valence-corrected chi connectivity index (χ2v) is 6.83. The zero-order valence-electron chi connectivity index (χ0n) is 15.8. The molecule has 0 bridgehead atoms. The molecule has 0 saturated carbocycles. The van der Waals surface area contributed by atoms with Gasteiger partial charge in [-0.25, -0.2) is 4.98 Å². The quantitative estimate of drug-likeness (QED) is 0.395. The summed E-state index contributed by atoms with van der Waals surface area (Å²) in [5.74, 6) is 0.255. The molecule has 1 aliphatic heterocycles. The number of oxime groups is 1. The molecule has 0 atom stereocenters. The Kier molecular flexibility index (Phi) is 6.30. The molecule has 12 heteroatoms. The van der Waals surface area contributed by atoms with Crippen LogP contribution in [-0.4, -0.2) is 49.4 Å². The Balaban J connectivity index is 1.76. The first-order chi connectivity index (χ1) is 14.2. The van der Waals surface area contributed by atoms with Crippen molar-refractivity contribution in [3.8, 4) is 0 Å². The third-order valence-electron chi connectivity index (χ3n) is 4.57. The zero-order chi connectivity index (χ0) is 21.9. The summed E-state index contributed by atoms with van der Waals surface area (Å²) < 4.78 is 38.4. The van der Waals surface area contributed by atoms with Crippen molar-refractivity contribution in [2.24, 2.45) is 5.16 Å². The highest BCUT2D eigenvalue weighted by Gasteiger charge is 2.32. The minimum atomic E-state index is -4.52. The standard InChI is InChI=1S/C18H17ClF3N5O3/c1-30-24-10-12-2-3-15(16(8-12)27(28)29)25-4-6-26(7-5-25)17-14(19)9-13(11-23-17)18(20,21)22/h2-3,8-11H,4-7H2,1H3/b24-10-. The number of rotatable bonds is 5. The largest absolute Gasteiger partial charge is 0.417 e. The molecule has 2 heterocycles. The van der Waals surface area contributed by atoms with Gasteiger partial charge in [-0.05, 0) is 12.1 Å². The van der Waals surface area contributed by atoms with Crippen molar-refractivity contribution in [2.75, 3.05) is 43.1 Å². The van der Waals surface area contributed by atoms with Gasteiger partial charge in [0.2, 0.25) is 0 Å². The Morgan fingerprint density at radius 1 is 1.23 bits per heavy atom. The maximum atomic E-state index is 12.8. The minimum absolute atomic E-state index is 0.0748. The predicted molar refractivity (Wildman–Crippen MR) is 106 cm³/mol. The van der Waals surface area contributed by atoms with Crippen LogP contribution in [0.1, 0.15) is 11.1 Å². The molecular weight excluding hydrogens is 427 g/mol. The molecule has 1 aromatic heterocycles. The lowest BCUT2D eigenvalue weighted by Gasteiger charge is -2.36. The number of hydrogen-bond donors (Lipinski definition) is 0. The molecular formula is C18H17ClF3N5O3. The molecule has 30 heavy (non-hydrogen) atoms. The lowest BCUT2D eigenvalue weighted by molar-refractivity contribution is -0.384. The fraction of sp³-hybridized carbons (Fsp3) is 0.333. The van der Waals surface area contributed by atoms with Crippen molar-refractivity contribution in [1.82, 2.24) is 4.98 Å². The molecule has 0 aliphatic carbocycles. The average molecular weight is 444 g/mol. The summed E-state index contributed by atoms with van der Waals surface area (Å²) in [7, 11) is 1.37. The lowest BCUT2D eigenvalue weighted by Crippen LogP contribution is -2.47. The van der Waals surface area contributed by atoms with E-state index in [-0.39, 0.29) is 16.5 Å². The third kappa shape index (κ3) is 4.73. The van der Waals surface area contributed by atoms with Crippen LogP contribution < -0.4 is 9.80 Å². The van der Waals surface area contributed by atoms with Gasteiger partial charge in [-0.1, -0.05) is 22.8 Å². The average Bonchev–Trinajstić information content (AvgIpc) is 2.71. The summed E-state index contributed by atoms with van der Waals surface area (Å²) in [4.78, 5) is 23.1. The first-order valence-electron chi connectivity index (χ1n) is 8.78. The van der Waals surface area contributed by atoms with Gasteiger partial charge in [0.25, 0.3) is 5.69 Å². The third-order valence-corrected chi connectivity index (χ3v) is 4.85. The Morgan fingerprint density at radius 3 is 2.47 bits per heavy atom. The van der Waals surface area contributed by atoms with E-state index >= 15 is 0 Å². The number of nitro benzene ring substituents is 1. The van der Waals surface area contributed by atoms with Crippen LogP contribution >= 0.6 is 11.6 Å². The van der Waals surface area contributed by atoms with Crippen molar-refractivity contribution >= 4 is 35.0 Å². The number of aromatic nitrogens is 1. The van der Waals surface area contributed by atoms with E-state index < -0.39 is 16.7 Å². The highest BCUT2D eigenvalue weighted by atomic mass is 35.5. The Labute approximate surface area is 174 Å². The van der Waals surface area contributed by atoms with Crippen molar-refractivity contribution in [1.29, 1.82) is 0 Å². The molecule has 0 radical (unpaired) electrons. The molecule has 0 spiro atoms. The molecule has 0 N–H and O–H groups in total. The zero-order valence-corrected chi connectivity index (χ0v) is 16.5. The van der Waals surface area contributed by atoms with E-state index in [9.17, 15) is 23.3 Å². The van der Waals surface area contributed by atoms with Gasteiger partial charge in [-0.15, -0.1) is 0 Å². The monoisotopic (exact) mass is 443 g/mol. The normalized spacial score (nSPS) is 15.0. The number of hydrogen-bond acceptors (Lipinski definition) is 7. The minimum Gasteiger partial charge on any atom is -0.399 e. The molecule has 3 rings (SSSR count). The fourth-order valence-electron chi connectivity index (χ4n) is 3.13. The van der Waals surface area contributed by atoms with Crippen molar-refractivity contribution in [3.63, 3.8) is 0 Å². The van der Waals surface area contributed by atoms with E-state index in [1.807, 2.05) is 4.90 Å². The van der Waals surface area contributed by atoms with E-state index in [2.05, 4.69) is 15.0 Å². The maximum absolute atomic E-state index is 12.8. The van der Waals surface area contributed by atoms with Crippen LogP contribution in [0.4, 0.5) is 30.4 Å². The highest BCUT2D eigenvalue weighted by Crippen LogP contribution is 2.35. The van der Waals surface area contributed by atoms with Gasteiger partial charge in [0.15, 0.2) is 0 Å². The number of halogens is 4. The van der Waals surface area contributed by atoms with Gasteiger partial charge in [0, 0.05) is 44.0 Å². The number of alkyl halides is 3. The molecule has 0 amide bonds. The second kappa shape index (κ2) is 8.74. The van der Waals surface area contributed by atoms with Gasteiger partial charge < -0.3 is 14.6 Å². The Bertz CT molecular complexity index is 963. The molecule has 2 aromatic rings. The van der Waals surface area contributed by atoms with Crippen LogP contribution in [-0.2, 0) is 11.0 Å². The molecule has 1 aromatic carbocycles. The Morgan fingerprint density at radius 2 is 1.90 bits per heavy atom. The number of anilines is 2. The predicted octanol–water partition coefficient (Wildman–Crippen LogP) is 3.97. The van der Waals surface area contributed by atoms with Crippen LogP contribution in [0.15, 0.2) is 35.6 Å². The van der Waals surface area contributed by atoms with Crippen molar-refractivity contribution < 1.29 is 22.9 Å². The lowest BCUT2D eigenvalue weighted by atomic mass is 10.1.